The van der Waals surface area contributed by atoms with Gasteiger partial charge in [0.1, 0.15) is 0 Å². The summed E-state index contributed by atoms with van der Waals surface area (Å²) in [6, 6.07) is 0. The van der Waals surface area contributed by atoms with Gasteiger partial charge in [0, 0.05) is 25.9 Å². The molecule has 0 N–H and O–H groups in total. The molecule has 5 nitrogen and oxygen atoms in total. The Kier molecular flexibility index (Phi) is 5.26. The maximum Gasteiger partial charge on any atom is 0.222 e. The van der Waals surface area contributed by atoms with Crippen LogP contribution in [0.3, 0.4) is 0 Å². The lowest BCUT2D eigenvalue weighted by Gasteiger charge is -2.31. The highest BCUT2D eigenvalue weighted by Gasteiger charge is 2.30. The minimum Gasteiger partial charge on any atom is -0.425 e. The Labute approximate surface area is 145 Å². The van der Waals surface area contributed by atoms with Crippen molar-refractivity contribution < 1.29 is 9.21 Å². The van der Waals surface area contributed by atoms with Crippen molar-refractivity contribution in [2.24, 2.45) is 11.3 Å². The van der Waals surface area contributed by atoms with Crippen molar-refractivity contribution in [3.63, 3.8) is 0 Å². The lowest BCUT2D eigenvalue weighted by molar-refractivity contribution is -0.133. The quantitative estimate of drug-likeness (QED) is 0.837. The molecule has 1 unspecified atom stereocenters. The van der Waals surface area contributed by atoms with E-state index in [2.05, 4.69) is 31.0 Å². The molecule has 2 aliphatic rings. The van der Waals surface area contributed by atoms with E-state index in [-0.39, 0.29) is 11.3 Å². The maximum absolute atomic E-state index is 12.6. The average molecular weight is 333 g/mol. The van der Waals surface area contributed by atoms with Crippen LogP contribution in [0.25, 0.3) is 0 Å². The fraction of sp³-hybridized carbons (Fsp3) is 0.842. The van der Waals surface area contributed by atoms with Gasteiger partial charge in [-0.05, 0) is 37.0 Å². The fourth-order valence-electron chi connectivity index (χ4n) is 3.95. The molecule has 0 bridgehead atoms. The van der Waals surface area contributed by atoms with Gasteiger partial charge in [0.15, 0.2) is 0 Å². The van der Waals surface area contributed by atoms with E-state index in [1.807, 2.05) is 4.90 Å². The van der Waals surface area contributed by atoms with Gasteiger partial charge in [0.25, 0.3) is 0 Å². The number of hydrogen-bond acceptors (Lipinski definition) is 4. The molecule has 1 atom stereocenters. The first kappa shape index (κ1) is 17.4. The van der Waals surface area contributed by atoms with Crippen molar-refractivity contribution >= 4 is 5.91 Å². The van der Waals surface area contributed by atoms with Crippen molar-refractivity contribution in [1.82, 2.24) is 15.1 Å². The van der Waals surface area contributed by atoms with Crippen LogP contribution in [0, 0.1) is 11.3 Å². The van der Waals surface area contributed by atoms with Crippen molar-refractivity contribution in [3.8, 4) is 0 Å². The van der Waals surface area contributed by atoms with E-state index in [1.165, 1.54) is 25.7 Å². The first-order valence-corrected chi connectivity index (χ1v) is 9.51. The third-order valence-corrected chi connectivity index (χ3v) is 5.23. The van der Waals surface area contributed by atoms with E-state index in [0.29, 0.717) is 23.6 Å². The van der Waals surface area contributed by atoms with E-state index in [0.717, 1.165) is 38.8 Å². The van der Waals surface area contributed by atoms with Crippen molar-refractivity contribution in [1.29, 1.82) is 0 Å². The molecule has 5 heteroatoms. The molecule has 1 aliphatic carbocycles. The molecule has 1 saturated heterocycles. The van der Waals surface area contributed by atoms with Gasteiger partial charge in [-0.3, -0.25) is 4.79 Å². The monoisotopic (exact) mass is 333 g/mol. The summed E-state index contributed by atoms with van der Waals surface area (Å²) in [5.41, 5.74) is 0.139. The van der Waals surface area contributed by atoms with Gasteiger partial charge in [0.05, 0.1) is 5.92 Å². The lowest BCUT2D eigenvalue weighted by atomic mass is 9.92. The second kappa shape index (κ2) is 7.24. The Bertz CT molecular complexity index is 555. The highest BCUT2D eigenvalue weighted by Crippen LogP contribution is 2.31. The molecule has 0 spiro atoms. The largest absolute Gasteiger partial charge is 0.425 e. The van der Waals surface area contributed by atoms with E-state index in [1.54, 1.807) is 0 Å². The summed E-state index contributed by atoms with van der Waals surface area (Å²) in [6.07, 6.45) is 8.61. The smallest absolute Gasteiger partial charge is 0.222 e. The van der Waals surface area contributed by atoms with Crippen molar-refractivity contribution in [2.75, 3.05) is 13.1 Å². The molecular formula is C19H31N3O2. The van der Waals surface area contributed by atoms with E-state index in [4.69, 9.17) is 4.42 Å². The first-order chi connectivity index (χ1) is 11.4. The molecule has 1 aromatic heterocycles. The standard InChI is InChI=1S/C19H31N3O2/c1-19(2,3)12-16-20-21-18(24-16)15-9-6-10-22(13-15)17(23)11-14-7-4-5-8-14/h14-15H,4-13H2,1-3H3. The number of rotatable bonds is 4. The van der Waals surface area contributed by atoms with Gasteiger partial charge in [-0.15, -0.1) is 10.2 Å². The molecule has 1 amide bonds. The number of hydrogen-bond donors (Lipinski definition) is 0. The number of piperidine rings is 1. The van der Waals surface area contributed by atoms with Gasteiger partial charge in [-0.2, -0.15) is 0 Å². The second-order valence-electron chi connectivity index (χ2n) is 8.80. The Morgan fingerprint density at radius 1 is 1.17 bits per heavy atom. The highest BCUT2D eigenvalue weighted by atomic mass is 16.4. The number of aromatic nitrogens is 2. The van der Waals surface area contributed by atoms with Crippen LogP contribution in [0.4, 0.5) is 0 Å². The van der Waals surface area contributed by atoms with Crippen LogP contribution < -0.4 is 0 Å². The topological polar surface area (TPSA) is 59.2 Å². The molecule has 2 heterocycles. The second-order valence-corrected chi connectivity index (χ2v) is 8.80. The molecule has 134 valence electrons. The summed E-state index contributed by atoms with van der Waals surface area (Å²) in [5, 5.41) is 8.48. The summed E-state index contributed by atoms with van der Waals surface area (Å²) in [4.78, 5) is 14.6. The summed E-state index contributed by atoms with van der Waals surface area (Å²) in [5.74, 6) is 2.56. The molecule has 24 heavy (non-hydrogen) atoms. The van der Waals surface area contributed by atoms with E-state index in [9.17, 15) is 4.79 Å². The van der Waals surface area contributed by atoms with Crippen LogP contribution >= 0.6 is 0 Å². The first-order valence-electron chi connectivity index (χ1n) is 9.51. The molecule has 0 radical (unpaired) electrons. The molecule has 1 aromatic rings. The minimum atomic E-state index is 0.139. The Balaban J connectivity index is 1.57. The van der Waals surface area contributed by atoms with Crippen LogP contribution in [-0.4, -0.2) is 34.1 Å². The Morgan fingerprint density at radius 2 is 1.92 bits per heavy atom. The summed E-state index contributed by atoms with van der Waals surface area (Å²) in [7, 11) is 0. The normalized spacial score (nSPS) is 23.0. The molecule has 3 rings (SSSR count). The molecular weight excluding hydrogens is 302 g/mol. The van der Waals surface area contributed by atoms with Gasteiger partial charge < -0.3 is 9.32 Å². The highest BCUT2D eigenvalue weighted by molar-refractivity contribution is 5.76. The number of nitrogens with zero attached hydrogens (tertiary/aromatic N) is 3. The minimum absolute atomic E-state index is 0.139. The number of amides is 1. The van der Waals surface area contributed by atoms with Gasteiger partial charge >= 0.3 is 0 Å². The summed E-state index contributed by atoms with van der Waals surface area (Å²) >= 11 is 0. The van der Waals surface area contributed by atoms with Gasteiger partial charge in [-0.25, -0.2) is 0 Å². The average Bonchev–Trinajstić information content (AvgIpc) is 3.17. The van der Waals surface area contributed by atoms with Crippen molar-refractivity contribution in [2.45, 2.75) is 78.1 Å². The third-order valence-electron chi connectivity index (χ3n) is 5.23. The summed E-state index contributed by atoms with van der Waals surface area (Å²) in [6.45, 7) is 8.12. The maximum atomic E-state index is 12.6. The SMILES string of the molecule is CC(C)(C)Cc1nnc(C2CCCN(C(=O)CC3CCCC3)C2)o1. The molecule has 1 saturated carbocycles. The van der Waals surface area contributed by atoms with Crippen LogP contribution in [0.1, 0.15) is 83.4 Å². The van der Waals surface area contributed by atoms with E-state index >= 15 is 0 Å². The van der Waals surface area contributed by atoms with Crippen molar-refractivity contribution in [3.05, 3.63) is 11.8 Å². The molecule has 1 aliphatic heterocycles. The number of likely N-dealkylation sites (tertiary alicyclic amines) is 1. The molecule has 2 fully saturated rings. The Hall–Kier alpha value is -1.39. The van der Waals surface area contributed by atoms with E-state index < -0.39 is 0 Å². The predicted octanol–water partition coefficient (Wildman–Crippen LogP) is 3.94. The number of carbonyl (C=O) groups excluding carboxylic acids is 1. The zero-order valence-electron chi connectivity index (χ0n) is 15.4. The van der Waals surface area contributed by atoms with Crippen LogP contribution in [0.15, 0.2) is 4.42 Å². The number of carbonyl (C=O) groups is 1. The third kappa shape index (κ3) is 4.58. The fourth-order valence-corrected chi connectivity index (χ4v) is 3.95. The van der Waals surface area contributed by atoms with Gasteiger partial charge in [-0.1, -0.05) is 33.6 Å². The Morgan fingerprint density at radius 3 is 2.62 bits per heavy atom. The predicted molar refractivity (Wildman–Crippen MR) is 92.6 cm³/mol. The van der Waals surface area contributed by atoms with Gasteiger partial charge in [0.2, 0.25) is 17.7 Å². The van der Waals surface area contributed by atoms with Crippen LogP contribution in [-0.2, 0) is 11.2 Å². The van der Waals surface area contributed by atoms with Crippen LogP contribution in [0.2, 0.25) is 0 Å². The summed E-state index contributed by atoms with van der Waals surface area (Å²) < 4.78 is 5.90. The zero-order valence-corrected chi connectivity index (χ0v) is 15.4. The lowest BCUT2D eigenvalue weighted by Crippen LogP contribution is -2.39. The van der Waals surface area contributed by atoms with Crippen LogP contribution in [0.5, 0.6) is 0 Å². The molecule has 0 aromatic carbocycles. The zero-order chi connectivity index (χ0) is 17.2.